The van der Waals surface area contributed by atoms with Crippen molar-refractivity contribution < 1.29 is 4.52 Å². The Labute approximate surface area is 162 Å². The lowest BCUT2D eigenvalue weighted by Crippen LogP contribution is -2.17. The molecule has 0 aliphatic rings. The fourth-order valence-electron chi connectivity index (χ4n) is 3.08. The summed E-state index contributed by atoms with van der Waals surface area (Å²) in [4.78, 5) is 11.1. The maximum Gasteiger partial charge on any atom is 0.240 e. The average Bonchev–Trinajstić information content (AvgIpc) is 3.36. The minimum Gasteiger partial charge on any atom is -0.338 e. The molecule has 0 saturated heterocycles. The Bertz CT molecular complexity index is 915. The molecule has 6 heteroatoms. The number of hydrogen-bond acceptors (Lipinski definition) is 6. The second-order valence-electron chi connectivity index (χ2n) is 6.40. The molecule has 0 atom stereocenters. The normalized spacial score (nSPS) is 11.4. The second-order valence-corrected chi connectivity index (χ2v) is 7.38. The van der Waals surface area contributed by atoms with Crippen molar-refractivity contribution >= 4 is 11.3 Å². The molecule has 4 rings (SSSR count). The van der Waals surface area contributed by atoms with E-state index in [1.54, 1.807) is 11.3 Å². The highest BCUT2D eigenvalue weighted by Gasteiger charge is 2.22. The summed E-state index contributed by atoms with van der Waals surface area (Å²) in [6.07, 6.45) is 1.82. The zero-order valence-corrected chi connectivity index (χ0v) is 15.8. The average molecular weight is 376 g/mol. The van der Waals surface area contributed by atoms with Crippen LogP contribution in [0.3, 0.4) is 0 Å². The summed E-state index contributed by atoms with van der Waals surface area (Å²) in [5, 5.41) is 7.35. The van der Waals surface area contributed by atoms with Gasteiger partial charge in [-0.05, 0) is 18.2 Å². The van der Waals surface area contributed by atoms with Gasteiger partial charge in [-0.15, -0.1) is 11.3 Å². The van der Waals surface area contributed by atoms with Gasteiger partial charge in [0.2, 0.25) is 5.89 Å². The van der Waals surface area contributed by atoms with E-state index in [1.165, 1.54) is 0 Å². The number of nitrogens with zero attached hydrogens (tertiary/aromatic N) is 4. The molecule has 27 heavy (non-hydrogen) atoms. The van der Waals surface area contributed by atoms with Crippen LogP contribution in [0.4, 0.5) is 0 Å². The molecule has 5 nitrogen and oxygen atoms in total. The SMILES string of the molecule is CN(Cc1nc(C(c2ccccc2)c2ccccc2)no1)Cc1nccs1. The highest BCUT2D eigenvalue weighted by atomic mass is 32.1. The van der Waals surface area contributed by atoms with E-state index in [2.05, 4.69) is 39.3 Å². The van der Waals surface area contributed by atoms with Gasteiger partial charge in [-0.25, -0.2) is 4.98 Å². The highest BCUT2D eigenvalue weighted by molar-refractivity contribution is 7.09. The first-order valence-corrected chi connectivity index (χ1v) is 9.67. The van der Waals surface area contributed by atoms with Crippen LogP contribution in [-0.4, -0.2) is 27.1 Å². The van der Waals surface area contributed by atoms with Gasteiger partial charge in [0.15, 0.2) is 5.82 Å². The molecular formula is C21H20N4OS. The monoisotopic (exact) mass is 376 g/mol. The fourth-order valence-corrected chi connectivity index (χ4v) is 3.78. The zero-order valence-electron chi connectivity index (χ0n) is 15.0. The molecule has 136 valence electrons. The molecule has 0 bridgehead atoms. The van der Waals surface area contributed by atoms with Crippen LogP contribution in [0.2, 0.25) is 0 Å². The van der Waals surface area contributed by atoms with Gasteiger partial charge in [-0.3, -0.25) is 4.90 Å². The number of hydrogen-bond donors (Lipinski definition) is 0. The summed E-state index contributed by atoms with van der Waals surface area (Å²) in [5.74, 6) is 1.25. The molecule has 0 aliphatic heterocycles. The molecular weight excluding hydrogens is 356 g/mol. The number of thiazole rings is 1. The first kappa shape index (κ1) is 17.6. The summed E-state index contributed by atoms with van der Waals surface area (Å²) >= 11 is 1.65. The quantitative estimate of drug-likeness (QED) is 0.480. The minimum absolute atomic E-state index is 0.0471. The van der Waals surface area contributed by atoms with Crippen molar-refractivity contribution in [2.75, 3.05) is 7.05 Å². The molecule has 0 fully saturated rings. The molecule has 0 N–H and O–H groups in total. The van der Waals surface area contributed by atoms with Gasteiger partial charge < -0.3 is 4.52 Å². The maximum absolute atomic E-state index is 5.56. The fraction of sp³-hybridized carbons (Fsp3) is 0.190. The van der Waals surface area contributed by atoms with Crippen LogP contribution in [0.25, 0.3) is 0 Å². The summed E-state index contributed by atoms with van der Waals surface area (Å²) < 4.78 is 5.56. The summed E-state index contributed by atoms with van der Waals surface area (Å²) in [6, 6.07) is 20.6. The highest BCUT2D eigenvalue weighted by Crippen LogP contribution is 2.29. The molecule has 0 aliphatic carbocycles. The van der Waals surface area contributed by atoms with Crippen LogP contribution < -0.4 is 0 Å². The number of rotatable bonds is 7. The molecule has 0 radical (unpaired) electrons. The van der Waals surface area contributed by atoms with E-state index in [9.17, 15) is 0 Å². The van der Waals surface area contributed by atoms with Crippen molar-refractivity contribution in [2.45, 2.75) is 19.0 Å². The Morgan fingerprint density at radius 1 is 0.963 bits per heavy atom. The summed E-state index contributed by atoms with van der Waals surface area (Å²) in [5.41, 5.74) is 2.29. The zero-order chi connectivity index (χ0) is 18.5. The lowest BCUT2D eigenvalue weighted by atomic mass is 9.91. The number of benzene rings is 2. The van der Waals surface area contributed by atoms with Gasteiger partial charge >= 0.3 is 0 Å². The van der Waals surface area contributed by atoms with Gasteiger partial charge in [-0.1, -0.05) is 65.8 Å². The Kier molecular flexibility index (Phi) is 5.37. The lowest BCUT2D eigenvalue weighted by molar-refractivity contribution is 0.260. The maximum atomic E-state index is 5.56. The third-order valence-electron chi connectivity index (χ3n) is 4.30. The van der Waals surface area contributed by atoms with Crippen molar-refractivity contribution in [2.24, 2.45) is 0 Å². The van der Waals surface area contributed by atoms with Crippen LogP contribution in [0.1, 0.15) is 33.8 Å². The molecule has 0 spiro atoms. The molecule has 0 unspecified atom stereocenters. The smallest absolute Gasteiger partial charge is 0.240 e. The number of aromatic nitrogens is 3. The molecule has 2 aromatic carbocycles. The Morgan fingerprint density at radius 2 is 1.63 bits per heavy atom. The molecule has 0 saturated carbocycles. The van der Waals surface area contributed by atoms with E-state index in [0.29, 0.717) is 18.3 Å². The van der Waals surface area contributed by atoms with E-state index in [-0.39, 0.29) is 5.92 Å². The van der Waals surface area contributed by atoms with Gasteiger partial charge in [0, 0.05) is 11.6 Å². The predicted octanol–water partition coefficient (Wildman–Crippen LogP) is 4.34. The molecule has 4 aromatic rings. The molecule has 2 heterocycles. The Hall–Kier alpha value is -2.83. The first-order valence-electron chi connectivity index (χ1n) is 8.79. The van der Waals surface area contributed by atoms with Crippen molar-refractivity contribution in [3.05, 3.63) is 100 Å². The van der Waals surface area contributed by atoms with Gasteiger partial charge in [0.05, 0.1) is 19.0 Å². The third kappa shape index (κ3) is 4.30. The summed E-state index contributed by atoms with van der Waals surface area (Å²) in [7, 11) is 2.02. The predicted molar refractivity (Wildman–Crippen MR) is 105 cm³/mol. The van der Waals surface area contributed by atoms with Crippen LogP contribution in [0.5, 0.6) is 0 Å². The van der Waals surface area contributed by atoms with Crippen molar-refractivity contribution in [1.29, 1.82) is 0 Å². The molecule has 0 amide bonds. The Balaban J connectivity index is 1.57. The van der Waals surface area contributed by atoms with Crippen molar-refractivity contribution in [3.8, 4) is 0 Å². The largest absolute Gasteiger partial charge is 0.338 e. The van der Waals surface area contributed by atoms with E-state index in [0.717, 1.165) is 22.7 Å². The van der Waals surface area contributed by atoms with E-state index >= 15 is 0 Å². The van der Waals surface area contributed by atoms with Crippen molar-refractivity contribution in [3.63, 3.8) is 0 Å². The standard InChI is InChI=1S/C21H20N4OS/c1-25(15-19-22-12-13-27-19)14-18-23-21(24-26-18)20(16-8-4-2-5-9-16)17-10-6-3-7-11-17/h2-13,20H,14-15H2,1H3. The lowest BCUT2D eigenvalue weighted by Gasteiger charge is -2.14. The first-order chi connectivity index (χ1) is 13.3. The molecule has 2 aromatic heterocycles. The third-order valence-corrected chi connectivity index (χ3v) is 5.07. The van der Waals surface area contributed by atoms with Gasteiger partial charge in [0.25, 0.3) is 0 Å². The van der Waals surface area contributed by atoms with E-state index in [1.807, 2.05) is 55.0 Å². The van der Waals surface area contributed by atoms with Crippen molar-refractivity contribution in [1.82, 2.24) is 20.0 Å². The topological polar surface area (TPSA) is 55.1 Å². The van der Waals surface area contributed by atoms with Crippen LogP contribution >= 0.6 is 11.3 Å². The van der Waals surface area contributed by atoms with Gasteiger partial charge in [0.1, 0.15) is 5.01 Å². The van der Waals surface area contributed by atoms with Crippen LogP contribution in [0.15, 0.2) is 76.8 Å². The minimum atomic E-state index is -0.0471. The van der Waals surface area contributed by atoms with Crippen LogP contribution in [-0.2, 0) is 13.1 Å². The Morgan fingerprint density at radius 3 is 2.22 bits per heavy atom. The van der Waals surface area contributed by atoms with Crippen LogP contribution in [0, 0.1) is 0 Å². The van der Waals surface area contributed by atoms with E-state index in [4.69, 9.17) is 9.51 Å². The van der Waals surface area contributed by atoms with Gasteiger partial charge in [-0.2, -0.15) is 4.98 Å². The second kappa shape index (κ2) is 8.24. The summed E-state index contributed by atoms with van der Waals surface area (Å²) in [6.45, 7) is 1.35. The van der Waals surface area contributed by atoms with E-state index < -0.39 is 0 Å².